The molecule has 0 spiro atoms. The van der Waals surface area contributed by atoms with Gasteiger partial charge in [0.2, 0.25) is 10.0 Å². The molecule has 2 N–H and O–H groups in total. The lowest BCUT2D eigenvalue weighted by molar-refractivity contribution is -0.138. The van der Waals surface area contributed by atoms with Crippen molar-refractivity contribution >= 4 is 27.6 Å². The fourth-order valence-electron chi connectivity index (χ4n) is 1.16. The number of rotatable bonds is 4. The Labute approximate surface area is 109 Å². The van der Waals surface area contributed by atoms with Crippen LogP contribution < -0.4 is 4.72 Å². The average molecular weight is 289 g/mol. The molecule has 1 aromatic carbocycles. The maximum Gasteiger partial charge on any atom is 0.321 e. The van der Waals surface area contributed by atoms with Crippen LogP contribution in [0.2, 0.25) is 5.02 Å². The van der Waals surface area contributed by atoms with Crippen LogP contribution in [0.15, 0.2) is 23.1 Å². The van der Waals surface area contributed by atoms with Crippen LogP contribution in [0.1, 0.15) is 12.5 Å². The van der Waals surface area contributed by atoms with Gasteiger partial charge in [0.15, 0.2) is 0 Å². The van der Waals surface area contributed by atoms with Gasteiger partial charge in [0.05, 0.1) is 5.56 Å². The van der Waals surface area contributed by atoms with Gasteiger partial charge in [-0.3, -0.25) is 4.79 Å². The number of nitriles is 1. The Bertz CT molecular complexity index is 621. The molecule has 0 amide bonds. The Morgan fingerprint density at radius 2 is 2.17 bits per heavy atom. The number of halogens is 1. The number of nitrogens with one attached hydrogen (secondary N) is 1. The van der Waals surface area contributed by atoms with Crippen molar-refractivity contribution in [1.29, 1.82) is 5.26 Å². The Balaban J connectivity index is 3.25. The zero-order valence-electron chi connectivity index (χ0n) is 9.21. The lowest BCUT2D eigenvalue weighted by Crippen LogP contribution is -2.38. The summed E-state index contributed by atoms with van der Waals surface area (Å²) in [6.45, 7) is 1.18. The highest BCUT2D eigenvalue weighted by Crippen LogP contribution is 2.20. The Hall–Kier alpha value is -1.62. The average Bonchev–Trinajstić information content (AvgIpc) is 2.28. The van der Waals surface area contributed by atoms with E-state index in [0.717, 1.165) is 6.07 Å². The predicted octanol–water partition coefficient (Wildman–Crippen LogP) is 0.963. The van der Waals surface area contributed by atoms with Gasteiger partial charge in [-0.05, 0) is 25.1 Å². The number of hydrogen-bond donors (Lipinski definition) is 2. The van der Waals surface area contributed by atoms with Gasteiger partial charge in [0, 0.05) is 5.02 Å². The van der Waals surface area contributed by atoms with E-state index in [1.807, 2.05) is 4.72 Å². The number of benzene rings is 1. The molecule has 0 radical (unpaired) electrons. The van der Waals surface area contributed by atoms with Gasteiger partial charge in [-0.2, -0.15) is 9.98 Å². The first-order chi connectivity index (χ1) is 8.27. The molecule has 0 bridgehead atoms. The van der Waals surface area contributed by atoms with Crippen LogP contribution in [0.4, 0.5) is 0 Å². The first kappa shape index (κ1) is 14.4. The van der Waals surface area contributed by atoms with Crippen molar-refractivity contribution in [2.24, 2.45) is 0 Å². The summed E-state index contributed by atoms with van der Waals surface area (Å²) in [7, 11) is -4.11. The Morgan fingerprint density at radius 1 is 1.56 bits per heavy atom. The topological polar surface area (TPSA) is 107 Å². The molecule has 0 aliphatic heterocycles. The molecule has 0 aromatic heterocycles. The van der Waals surface area contributed by atoms with Crippen LogP contribution in [-0.4, -0.2) is 25.5 Å². The second kappa shape index (κ2) is 5.35. The number of nitrogens with zero attached hydrogens (tertiary/aromatic N) is 1. The molecule has 1 aromatic rings. The number of aliphatic carboxylic acids is 1. The van der Waals surface area contributed by atoms with Gasteiger partial charge in [-0.1, -0.05) is 11.6 Å². The molecule has 1 unspecified atom stereocenters. The monoisotopic (exact) mass is 288 g/mol. The highest BCUT2D eigenvalue weighted by atomic mass is 35.5. The number of carboxylic acid groups (broad SMARTS) is 1. The van der Waals surface area contributed by atoms with Crippen LogP contribution in [0.25, 0.3) is 0 Å². The molecule has 1 atom stereocenters. The van der Waals surface area contributed by atoms with E-state index in [4.69, 9.17) is 22.0 Å². The van der Waals surface area contributed by atoms with Crippen LogP contribution in [0.5, 0.6) is 0 Å². The molecule has 0 aliphatic rings. The largest absolute Gasteiger partial charge is 0.480 e. The van der Waals surface area contributed by atoms with Crippen LogP contribution >= 0.6 is 11.6 Å². The van der Waals surface area contributed by atoms with E-state index in [9.17, 15) is 13.2 Å². The summed E-state index contributed by atoms with van der Waals surface area (Å²) < 4.78 is 25.7. The van der Waals surface area contributed by atoms with E-state index in [0.29, 0.717) is 0 Å². The molecule has 6 nitrogen and oxygen atoms in total. The molecule has 0 saturated heterocycles. The van der Waals surface area contributed by atoms with E-state index in [2.05, 4.69) is 0 Å². The summed E-state index contributed by atoms with van der Waals surface area (Å²) in [5, 5.41) is 17.6. The summed E-state index contributed by atoms with van der Waals surface area (Å²) in [6, 6.07) is 4.12. The SMILES string of the molecule is CC(NS(=O)(=O)c1cc(Cl)ccc1C#N)C(=O)O. The third-order valence-corrected chi connectivity index (χ3v) is 3.87. The van der Waals surface area contributed by atoms with E-state index >= 15 is 0 Å². The first-order valence-electron chi connectivity index (χ1n) is 4.72. The minimum absolute atomic E-state index is 0.107. The summed E-state index contributed by atoms with van der Waals surface area (Å²) in [5.74, 6) is -1.32. The number of carbonyl (C=O) groups is 1. The minimum Gasteiger partial charge on any atom is -0.480 e. The fraction of sp³-hybridized carbons (Fsp3) is 0.200. The second-order valence-corrected chi connectivity index (χ2v) is 5.55. The van der Waals surface area contributed by atoms with Crippen LogP contribution in [0, 0.1) is 11.3 Å². The molecule has 8 heteroatoms. The number of sulfonamides is 1. The third kappa shape index (κ3) is 3.20. The smallest absolute Gasteiger partial charge is 0.321 e. The lowest BCUT2D eigenvalue weighted by atomic mass is 10.2. The summed E-state index contributed by atoms with van der Waals surface area (Å²) in [4.78, 5) is 10.3. The van der Waals surface area contributed by atoms with Crippen LogP contribution in [0.3, 0.4) is 0 Å². The molecule has 0 saturated carbocycles. The van der Waals surface area contributed by atoms with Gasteiger partial charge in [-0.25, -0.2) is 8.42 Å². The molecule has 18 heavy (non-hydrogen) atoms. The van der Waals surface area contributed by atoms with Gasteiger partial charge < -0.3 is 5.11 Å². The normalized spacial score (nSPS) is 12.7. The van der Waals surface area contributed by atoms with Crippen molar-refractivity contribution in [3.05, 3.63) is 28.8 Å². The second-order valence-electron chi connectivity index (χ2n) is 3.43. The van der Waals surface area contributed by atoms with Crippen molar-refractivity contribution in [1.82, 2.24) is 4.72 Å². The van der Waals surface area contributed by atoms with E-state index in [1.165, 1.54) is 19.1 Å². The van der Waals surface area contributed by atoms with E-state index in [-0.39, 0.29) is 15.5 Å². The van der Waals surface area contributed by atoms with Crippen molar-refractivity contribution in [2.45, 2.75) is 17.9 Å². The maximum atomic E-state index is 11.9. The highest BCUT2D eigenvalue weighted by Gasteiger charge is 2.24. The zero-order chi connectivity index (χ0) is 13.9. The minimum atomic E-state index is -4.11. The fourth-order valence-corrected chi connectivity index (χ4v) is 2.77. The van der Waals surface area contributed by atoms with Gasteiger partial charge in [0.1, 0.15) is 17.0 Å². The molecule has 1 rings (SSSR count). The highest BCUT2D eigenvalue weighted by molar-refractivity contribution is 7.89. The van der Waals surface area contributed by atoms with Gasteiger partial charge in [0.25, 0.3) is 0 Å². The summed E-state index contributed by atoms with van der Waals surface area (Å²) in [6.07, 6.45) is 0. The summed E-state index contributed by atoms with van der Waals surface area (Å²) in [5.41, 5.74) is -0.107. The molecule has 96 valence electrons. The molecule has 0 aliphatic carbocycles. The van der Waals surface area contributed by atoms with Crippen molar-refractivity contribution in [2.75, 3.05) is 0 Å². The maximum absolute atomic E-state index is 11.9. The third-order valence-electron chi connectivity index (χ3n) is 2.06. The lowest BCUT2D eigenvalue weighted by Gasteiger charge is -2.11. The van der Waals surface area contributed by atoms with Crippen molar-refractivity contribution in [3.63, 3.8) is 0 Å². The molecule has 0 fully saturated rings. The molecular formula is C10H9ClN2O4S. The number of carboxylic acids is 1. The number of hydrogen-bond acceptors (Lipinski definition) is 4. The van der Waals surface area contributed by atoms with E-state index < -0.39 is 22.0 Å². The zero-order valence-corrected chi connectivity index (χ0v) is 10.8. The van der Waals surface area contributed by atoms with Crippen molar-refractivity contribution in [3.8, 4) is 6.07 Å². The Kier molecular flexibility index (Phi) is 4.29. The molecule has 0 heterocycles. The van der Waals surface area contributed by atoms with Crippen molar-refractivity contribution < 1.29 is 18.3 Å². The standard InChI is InChI=1S/C10H9ClN2O4S/c1-6(10(14)15)13-18(16,17)9-4-8(11)3-2-7(9)5-12/h2-4,6,13H,1H3,(H,14,15). The van der Waals surface area contributed by atoms with Crippen LogP contribution in [-0.2, 0) is 14.8 Å². The van der Waals surface area contributed by atoms with Gasteiger partial charge in [-0.15, -0.1) is 0 Å². The molecular weight excluding hydrogens is 280 g/mol. The first-order valence-corrected chi connectivity index (χ1v) is 6.59. The quantitative estimate of drug-likeness (QED) is 0.858. The predicted molar refractivity (Wildman–Crippen MR) is 63.6 cm³/mol. The van der Waals surface area contributed by atoms with Gasteiger partial charge >= 0.3 is 5.97 Å². The summed E-state index contributed by atoms with van der Waals surface area (Å²) >= 11 is 5.66. The van der Waals surface area contributed by atoms with E-state index in [1.54, 1.807) is 6.07 Å². The Morgan fingerprint density at radius 3 is 2.67 bits per heavy atom.